The smallest absolute Gasteiger partial charge is 0.398 e. The quantitative estimate of drug-likeness (QED) is 0.773. The lowest BCUT2D eigenvalue weighted by Crippen LogP contribution is -2.15. The minimum atomic E-state index is -4.65. The molecular formula is C7H6BrF3N2O2S. The van der Waals surface area contributed by atoms with Crippen LogP contribution in [0.4, 0.5) is 18.9 Å². The van der Waals surface area contributed by atoms with Crippen LogP contribution >= 0.6 is 15.9 Å². The van der Waals surface area contributed by atoms with Crippen molar-refractivity contribution in [1.82, 2.24) is 0 Å². The molecule has 0 radical (unpaired) electrons. The maximum Gasteiger partial charge on any atom is 0.418 e. The maximum absolute atomic E-state index is 12.4. The molecule has 1 aromatic carbocycles. The number of sulfonamides is 1. The van der Waals surface area contributed by atoms with Crippen molar-refractivity contribution in [3.63, 3.8) is 0 Å². The zero-order valence-electron chi connectivity index (χ0n) is 7.55. The molecule has 4 N–H and O–H groups in total. The number of anilines is 1. The van der Waals surface area contributed by atoms with E-state index in [1.54, 1.807) is 0 Å². The second-order valence-corrected chi connectivity index (χ2v) is 5.30. The van der Waals surface area contributed by atoms with E-state index in [1.807, 2.05) is 0 Å². The van der Waals surface area contributed by atoms with E-state index in [0.29, 0.717) is 12.1 Å². The molecule has 0 fully saturated rings. The van der Waals surface area contributed by atoms with E-state index < -0.39 is 32.3 Å². The Morgan fingerprint density at radius 3 is 2.12 bits per heavy atom. The highest BCUT2D eigenvalue weighted by molar-refractivity contribution is 9.10. The zero-order chi connectivity index (χ0) is 12.7. The van der Waals surface area contributed by atoms with Crippen LogP contribution in [0.3, 0.4) is 0 Å². The molecule has 16 heavy (non-hydrogen) atoms. The van der Waals surface area contributed by atoms with Crippen molar-refractivity contribution >= 4 is 31.6 Å². The summed E-state index contributed by atoms with van der Waals surface area (Å²) in [6.07, 6.45) is -4.65. The lowest BCUT2D eigenvalue weighted by Gasteiger charge is -2.12. The number of nitrogens with two attached hydrogens (primary N) is 2. The van der Waals surface area contributed by atoms with Crippen LogP contribution in [-0.2, 0) is 16.2 Å². The van der Waals surface area contributed by atoms with Gasteiger partial charge in [0.25, 0.3) is 0 Å². The molecule has 0 heterocycles. The summed E-state index contributed by atoms with van der Waals surface area (Å²) in [7, 11) is -4.11. The number of hydrogen-bond donors (Lipinski definition) is 2. The first-order chi connectivity index (χ1) is 7.03. The van der Waals surface area contributed by atoms with Gasteiger partial charge in [0.05, 0.1) is 10.5 Å². The first kappa shape index (κ1) is 13.3. The largest absolute Gasteiger partial charge is 0.418 e. The average Bonchev–Trinajstić information content (AvgIpc) is 2.04. The van der Waals surface area contributed by atoms with Gasteiger partial charge in [-0.05, 0) is 28.1 Å². The highest BCUT2D eigenvalue weighted by Crippen LogP contribution is 2.37. The summed E-state index contributed by atoms with van der Waals surface area (Å²) in [5.74, 6) is 0. The SMILES string of the molecule is Nc1cc(S(N)(=O)=O)c(Br)cc1C(F)(F)F. The van der Waals surface area contributed by atoms with E-state index in [9.17, 15) is 21.6 Å². The Hall–Kier alpha value is -0.800. The molecule has 0 aliphatic heterocycles. The minimum absolute atomic E-state index is 0.281. The van der Waals surface area contributed by atoms with Crippen molar-refractivity contribution in [2.24, 2.45) is 5.14 Å². The van der Waals surface area contributed by atoms with Crippen LogP contribution in [0.1, 0.15) is 5.56 Å². The molecule has 0 saturated heterocycles. The van der Waals surface area contributed by atoms with E-state index in [1.165, 1.54) is 0 Å². The third kappa shape index (κ3) is 2.66. The van der Waals surface area contributed by atoms with Crippen molar-refractivity contribution in [2.75, 3.05) is 5.73 Å². The van der Waals surface area contributed by atoms with Crippen LogP contribution in [0, 0.1) is 0 Å². The van der Waals surface area contributed by atoms with Crippen molar-refractivity contribution in [3.05, 3.63) is 22.2 Å². The van der Waals surface area contributed by atoms with Gasteiger partial charge >= 0.3 is 6.18 Å². The summed E-state index contributed by atoms with van der Waals surface area (Å²) in [5, 5.41) is 4.79. The van der Waals surface area contributed by atoms with Crippen LogP contribution in [0.15, 0.2) is 21.5 Å². The minimum Gasteiger partial charge on any atom is -0.398 e. The third-order valence-electron chi connectivity index (χ3n) is 1.72. The molecule has 1 aromatic rings. The van der Waals surface area contributed by atoms with Crippen LogP contribution < -0.4 is 10.9 Å². The van der Waals surface area contributed by atoms with Crippen molar-refractivity contribution < 1.29 is 21.6 Å². The Bertz CT molecular complexity index is 527. The number of halogens is 4. The van der Waals surface area contributed by atoms with E-state index >= 15 is 0 Å². The Balaban J connectivity index is 3.52. The Morgan fingerprint density at radius 2 is 1.75 bits per heavy atom. The fourth-order valence-electron chi connectivity index (χ4n) is 1.03. The summed E-state index contributed by atoms with van der Waals surface area (Å²) < 4.78 is 58.8. The van der Waals surface area contributed by atoms with Gasteiger partial charge in [0.2, 0.25) is 10.0 Å². The van der Waals surface area contributed by atoms with Gasteiger partial charge in [-0.1, -0.05) is 0 Å². The third-order valence-corrected chi connectivity index (χ3v) is 3.59. The molecule has 9 heteroatoms. The number of hydrogen-bond acceptors (Lipinski definition) is 3. The van der Waals surface area contributed by atoms with Crippen LogP contribution in [0.2, 0.25) is 0 Å². The van der Waals surface area contributed by atoms with Gasteiger partial charge < -0.3 is 5.73 Å². The van der Waals surface area contributed by atoms with E-state index in [4.69, 9.17) is 10.9 Å². The molecule has 0 bridgehead atoms. The fourth-order valence-corrected chi connectivity index (χ4v) is 2.67. The monoisotopic (exact) mass is 318 g/mol. The predicted molar refractivity (Wildman–Crippen MR) is 54.9 cm³/mol. The summed E-state index contributed by atoms with van der Waals surface area (Å²) in [5.41, 5.74) is 3.30. The number of benzene rings is 1. The number of alkyl halides is 3. The van der Waals surface area contributed by atoms with Gasteiger partial charge in [-0.15, -0.1) is 0 Å². The van der Waals surface area contributed by atoms with Crippen LogP contribution in [0.25, 0.3) is 0 Å². The van der Waals surface area contributed by atoms with Gasteiger partial charge in [-0.3, -0.25) is 0 Å². The van der Waals surface area contributed by atoms with Gasteiger partial charge in [0, 0.05) is 10.2 Å². The van der Waals surface area contributed by atoms with Gasteiger partial charge in [0.1, 0.15) is 0 Å². The molecule has 0 spiro atoms. The number of rotatable bonds is 1. The Morgan fingerprint density at radius 1 is 1.25 bits per heavy atom. The molecule has 0 unspecified atom stereocenters. The molecule has 0 amide bonds. The molecule has 0 atom stereocenters. The second kappa shape index (κ2) is 3.90. The molecule has 0 saturated carbocycles. The first-order valence-electron chi connectivity index (χ1n) is 3.72. The molecule has 0 aromatic heterocycles. The van der Waals surface area contributed by atoms with Gasteiger partial charge in [0.15, 0.2) is 0 Å². The highest BCUT2D eigenvalue weighted by Gasteiger charge is 2.34. The first-order valence-corrected chi connectivity index (χ1v) is 6.06. The summed E-state index contributed by atoms with van der Waals surface area (Å²) in [6, 6.07) is 1.25. The van der Waals surface area contributed by atoms with E-state index in [0.717, 1.165) is 0 Å². The predicted octanol–water partition coefficient (Wildman–Crippen LogP) is 1.70. The normalized spacial score (nSPS) is 12.8. The molecule has 1 rings (SSSR count). The number of primary sulfonamides is 1. The lowest BCUT2D eigenvalue weighted by molar-refractivity contribution is -0.137. The van der Waals surface area contributed by atoms with E-state index in [-0.39, 0.29) is 4.47 Å². The van der Waals surface area contributed by atoms with Gasteiger partial charge in [-0.25, -0.2) is 13.6 Å². The highest BCUT2D eigenvalue weighted by atomic mass is 79.9. The fraction of sp³-hybridized carbons (Fsp3) is 0.143. The van der Waals surface area contributed by atoms with Crippen molar-refractivity contribution in [1.29, 1.82) is 0 Å². The van der Waals surface area contributed by atoms with Crippen molar-refractivity contribution in [2.45, 2.75) is 11.1 Å². The second-order valence-electron chi connectivity index (χ2n) is 2.91. The maximum atomic E-state index is 12.4. The molecule has 4 nitrogen and oxygen atoms in total. The van der Waals surface area contributed by atoms with E-state index in [2.05, 4.69) is 15.9 Å². The summed E-state index contributed by atoms with van der Waals surface area (Å²) in [6.45, 7) is 0. The summed E-state index contributed by atoms with van der Waals surface area (Å²) >= 11 is 2.69. The molecule has 90 valence electrons. The van der Waals surface area contributed by atoms with Gasteiger partial charge in [-0.2, -0.15) is 13.2 Å². The summed E-state index contributed by atoms with van der Waals surface area (Å²) in [4.78, 5) is -0.488. The standard InChI is InChI=1S/C7H6BrF3N2O2S/c8-4-1-3(7(9,10)11)5(12)2-6(4)16(13,14)15/h1-2H,12H2,(H2,13,14,15). The molecule has 0 aliphatic rings. The Kier molecular flexibility index (Phi) is 3.23. The Labute approximate surface area is 97.6 Å². The average molecular weight is 319 g/mol. The molecule has 0 aliphatic carbocycles. The lowest BCUT2D eigenvalue weighted by atomic mass is 10.2. The number of nitrogen functional groups attached to an aromatic ring is 1. The molecular weight excluding hydrogens is 313 g/mol. The van der Waals surface area contributed by atoms with Crippen molar-refractivity contribution in [3.8, 4) is 0 Å². The topological polar surface area (TPSA) is 86.2 Å². The zero-order valence-corrected chi connectivity index (χ0v) is 9.95. The van der Waals surface area contributed by atoms with Crippen LogP contribution in [0.5, 0.6) is 0 Å². The van der Waals surface area contributed by atoms with Crippen LogP contribution in [-0.4, -0.2) is 8.42 Å².